The average molecular weight is 338 g/mol. The Morgan fingerprint density at radius 1 is 1.43 bits per heavy atom. The summed E-state index contributed by atoms with van der Waals surface area (Å²) in [6.45, 7) is 0.515. The van der Waals surface area contributed by atoms with E-state index < -0.39 is 17.4 Å². The van der Waals surface area contributed by atoms with Crippen LogP contribution in [0.1, 0.15) is 11.5 Å². The highest BCUT2D eigenvalue weighted by atomic mass is 35.5. The van der Waals surface area contributed by atoms with Gasteiger partial charge < -0.3 is 14.6 Å². The monoisotopic (exact) mass is 337 g/mol. The van der Waals surface area contributed by atoms with Crippen LogP contribution >= 0.6 is 24.2 Å². The lowest BCUT2D eigenvalue weighted by Crippen LogP contribution is -2.31. The predicted octanol–water partition coefficient (Wildman–Crippen LogP) is 1.39. The molecule has 1 aromatic rings. The van der Waals surface area contributed by atoms with Crippen LogP contribution in [0, 0.1) is 10.1 Å². The van der Waals surface area contributed by atoms with Crippen molar-refractivity contribution in [3.8, 4) is 0 Å². The highest BCUT2D eigenvalue weighted by Crippen LogP contribution is 2.15. The number of furan rings is 1. The van der Waals surface area contributed by atoms with Gasteiger partial charge in [0.05, 0.1) is 12.3 Å². The molecule has 0 fully saturated rings. The van der Waals surface area contributed by atoms with Crippen molar-refractivity contribution in [3.05, 3.63) is 33.8 Å². The van der Waals surface area contributed by atoms with E-state index in [0.717, 1.165) is 23.8 Å². The molecular weight excluding hydrogens is 318 g/mol. The number of carbonyl (C=O) groups excluding carboxylic acids is 1. The van der Waals surface area contributed by atoms with E-state index in [0.29, 0.717) is 12.3 Å². The molecule has 7 nitrogen and oxygen atoms in total. The Morgan fingerprint density at radius 2 is 2.10 bits per heavy atom. The first-order chi connectivity index (χ1) is 9.47. The molecule has 1 rings (SSSR count). The van der Waals surface area contributed by atoms with Crippen LogP contribution in [0.5, 0.6) is 0 Å². The van der Waals surface area contributed by atoms with Crippen LogP contribution in [0.4, 0.5) is 0 Å². The van der Waals surface area contributed by atoms with Gasteiger partial charge in [-0.15, -0.1) is 12.4 Å². The van der Waals surface area contributed by atoms with Gasteiger partial charge in [0, 0.05) is 17.2 Å². The van der Waals surface area contributed by atoms with E-state index >= 15 is 0 Å². The van der Waals surface area contributed by atoms with Gasteiger partial charge in [-0.05, 0) is 26.2 Å². The highest BCUT2D eigenvalue weighted by molar-refractivity contribution is 7.98. The second kappa shape index (κ2) is 10.5. The minimum absolute atomic E-state index is 0. The van der Waals surface area contributed by atoms with Crippen molar-refractivity contribution in [2.75, 3.05) is 32.9 Å². The summed E-state index contributed by atoms with van der Waals surface area (Å²) in [7, 11) is 3.95. The van der Waals surface area contributed by atoms with E-state index in [9.17, 15) is 14.9 Å². The first-order valence-electron chi connectivity index (χ1n) is 6.16. The minimum atomic E-state index is -0.670. The molecule has 0 bridgehead atoms. The molecule has 0 aliphatic rings. The third kappa shape index (κ3) is 9.33. The SMILES string of the molecule is CN(C)Cc1ccc(CSCCNC(=O)C[N+](=O)[O-])o1.Cl. The molecule has 0 aromatic carbocycles. The Hall–Kier alpha value is -1.25. The summed E-state index contributed by atoms with van der Waals surface area (Å²) < 4.78 is 5.64. The summed E-state index contributed by atoms with van der Waals surface area (Å²) in [6, 6.07) is 3.89. The third-order valence-electron chi connectivity index (χ3n) is 2.27. The van der Waals surface area contributed by atoms with Crippen LogP contribution < -0.4 is 5.32 Å². The zero-order valence-corrected chi connectivity index (χ0v) is 13.7. The van der Waals surface area contributed by atoms with Gasteiger partial charge in [0.1, 0.15) is 11.5 Å². The minimum Gasteiger partial charge on any atom is -0.464 e. The summed E-state index contributed by atoms with van der Waals surface area (Å²) in [5, 5.41) is 12.6. The zero-order chi connectivity index (χ0) is 15.0. The summed E-state index contributed by atoms with van der Waals surface area (Å²) in [4.78, 5) is 22.5. The Labute approximate surface area is 134 Å². The van der Waals surface area contributed by atoms with E-state index in [1.165, 1.54) is 0 Å². The number of carbonyl (C=O) groups is 1. The second-order valence-corrected chi connectivity index (χ2v) is 5.60. The number of nitrogens with one attached hydrogen (secondary N) is 1. The lowest BCUT2D eigenvalue weighted by molar-refractivity contribution is -0.467. The maximum atomic E-state index is 11.0. The molecule has 9 heteroatoms. The molecule has 0 saturated heterocycles. The lowest BCUT2D eigenvalue weighted by atomic mass is 10.4. The molecule has 0 spiro atoms. The Kier molecular flexibility index (Phi) is 9.85. The van der Waals surface area contributed by atoms with Crippen molar-refractivity contribution < 1.29 is 14.1 Å². The smallest absolute Gasteiger partial charge is 0.291 e. The zero-order valence-electron chi connectivity index (χ0n) is 12.0. The predicted molar refractivity (Wildman–Crippen MR) is 84.4 cm³/mol. The van der Waals surface area contributed by atoms with E-state index in [1.54, 1.807) is 11.8 Å². The van der Waals surface area contributed by atoms with Crippen molar-refractivity contribution in [1.29, 1.82) is 0 Å². The largest absolute Gasteiger partial charge is 0.464 e. The number of hydrogen-bond acceptors (Lipinski definition) is 6. The van der Waals surface area contributed by atoms with Crippen LogP contribution in [-0.4, -0.2) is 48.7 Å². The molecule has 0 atom stereocenters. The van der Waals surface area contributed by atoms with Gasteiger partial charge in [0.15, 0.2) is 0 Å². The maximum Gasteiger partial charge on any atom is 0.291 e. The van der Waals surface area contributed by atoms with Gasteiger partial charge in [-0.3, -0.25) is 14.9 Å². The van der Waals surface area contributed by atoms with Crippen molar-refractivity contribution in [3.63, 3.8) is 0 Å². The summed E-state index contributed by atoms with van der Waals surface area (Å²) in [5.41, 5.74) is 0. The molecule has 0 saturated carbocycles. The van der Waals surface area contributed by atoms with Crippen LogP contribution in [0.15, 0.2) is 16.5 Å². The number of halogens is 1. The third-order valence-corrected chi connectivity index (χ3v) is 3.26. The van der Waals surface area contributed by atoms with Crippen molar-refractivity contribution in [2.24, 2.45) is 0 Å². The topological polar surface area (TPSA) is 88.6 Å². The second-order valence-electron chi connectivity index (χ2n) is 4.50. The van der Waals surface area contributed by atoms with Gasteiger partial charge in [-0.2, -0.15) is 11.8 Å². The Bertz CT molecular complexity index is 453. The number of rotatable bonds is 9. The fourth-order valence-corrected chi connectivity index (χ4v) is 2.25. The van der Waals surface area contributed by atoms with Gasteiger partial charge in [0.2, 0.25) is 0 Å². The van der Waals surface area contributed by atoms with Gasteiger partial charge in [0.25, 0.3) is 12.5 Å². The Balaban J connectivity index is 0.00000400. The van der Waals surface area contributed by atoms with Gasteiger partial charge in [-0.25, -0.2) is 0 Å². The molecule has 0 aliphatic heterocycles. The van der Waals surface area contributed by atoms with Crippen LogP contribution in [0.25, 0.3) is 0 Å². The number of amides is 1. The fourth-order valence-electron chi connectivity index (χ4n) is 1.51. The number of nitro groups is 1. The maximum absolute atomic E-state index is 11.0. The molecule has 120 valence electrons. The summed E-state index contributed by atoms with van der Waals surface area (Å²) in [5.74, 6) is 2.67. The number of nitrogens with zero attached hydrogens (tertiary/aromatic N) is 2. The molecule has 0 aliphatic carbocycles. The highest BCUT2D eigenvalue weighted by Gasteiger charge is 2.08. The van der Waals surface area contributed by atoms with Gasteiger partial charge in [-0.1, -0.05) is 0 Å². The van der Waals surface area contributed by atoms with Crippen molar-refractivity contribution in [1.82, 2.24) is 10.2 Å². The number of thioether (sulfide) groups is 1. The normalized spacial score (nSPS) is 10.2. The summed E-state index contributed by atoms with van der Waals surface area (Å²) in [6.07, 6.45) is 0. The molecular formula is C12H20ClN3O4S. The first-order valence-corrected chi connectivity index (χ1v) is 7.31. The average Bonchev–Trinajstić information content (AvgIpc) is 2.74. The van der Waals surface area contributed by atoms with Crippen LogP contribution in [-0.2, 0) is 17.1 Å². The van der Waals surface area contributed by atoms with Gasteiger partial charge >= 0.3 is 0 Å². The molecule has 1 amide bonds. The van der Waals surface area contributed by atoms with Crippen LogP contribution in [0.2, 0.25) is 0 Å². The molecule has 0 radical (unpaired) electrons. The van der Waals surface area contributed by atoms with Crippen molar-refractivity contribution in [2.45, 2.75) is 12.3 Å². The molecule has 1 heterocycles. The first kappa shape index (κ1) is 19.8. The van der Waals surface area contributed by atoms with E-state index in [4.69, 9.17) is 4.42 Å². The quantitative estimate of drug-likeness (QED) is 0.416. The van der Waals surface area contributed by atoms with Crippen LogP contribution in [0.3, 0.4) is 0 Å². The Morgan fingerprint density at radius 3 is 2.71 bits per heavy atom. The molecule has 1 aromatic heterocycles. The fraction of sp³-hybridized carbons (Fsp3) is 0.583. The molecule has 21 heavy (non-hydrogen) atoms. The van der Waals surface area contributed by atoms with E-state index in [2.05, 4.69) is 5.32 Å². The molecule has 1 N–H and O–H groups in total. The standard InChI is InChI=1S/C12H19N3O4S.ClH/c1-14(2)7-10-3-4-11(19-10)9-20-6-5-13-12(16)8-15(17)18;/h3-4H,5-9H2,1-2H3,(H,13,16);1H. The molecule has 0 unspecified atom stereocenters. The van der Waals surface area contributed by atoms with E-state index in [-0.39, 0.29) is 12.4 Å². The number of hydrogen-bond donors (Lipinski definition) is 1. The lowest BCUT2D eigenvalue weighted by Gasteiger charge is -2.05. The van der Waals surface area contributed by atoms with E-state index in [1.807, 2.05) is 31.1 Å². The summed E-state index contributed by atoms with van der Waals surface area (Å²) >= 11 is 1.61. The van der Waals surface area contributed by atoms with Crippen molar-refractivity contribution >= 4 is 30.1 Å².